The van der Waals surface area contributed by atoms with Crippen LogP contribution in [0.1, 0.15) is 6.92 Å². The molecule has 1 atom stereocenters. The fourth-order valence-corrected chi connectivity index (χ4v) is 3.82. The lowest BCUT2D eigenvalue weighted by atomic mass is 9.94. The molecule has 130 valence electrons. The zero-order valence-corrected chi connectivity index (χ0v) is 14.0. The Labute approximate surface area is 138 Å². The van der Waals surface area contributed by atoms with Gasteiger partial charge in [-0.05, 0) is 43.3 Å². The molecule has 24 heavy (non-hydrogen) atoms. The number of hydrogen-bond acceptors (Lipinski definition) is 6. The minimum atomic E-state index is -4.43. The van der Waals surface area contributed by atoms with E-state index in [4.69, 9.17) is 10.9 Å². The third-order valence-electron chi connectivity index (χ3n) is 3.30. The molecule has 0 amide bonds. The third kappa shape index (κ3) is 3.32. The number of ketones is 1. The Balaban J connectivity index is 2.45. The summed E-state index contributed by atoms with van der Waals surface area (Å²) in [5.41, 5.74) is 2.26. The first-order valence-corrected chi connectivity index (χ1v) is 9.46. The van der Waals surface area contributed by atoms with Gasteiger partial charge >= 0.3 is 0 Å². The van der Waals surface area contributed by atoms with Gasteiger partial charge in [0.05, 0.1) is 10.6 Å². The molecular formula is C13H14FN3O5S2. The number of Topliss-reactive ketones (excluding diaryl/α,β-unsaturated/α-hetero) is 1. The highest BCUT2D eigenvalue weighted by Crippen LogP contribution is 2.31. The Kier molecular flexibility index (Phi) is 4.29. The van der Waals surface area contributed by atoms with Crippen LogP contribution < -0.4 is 15.6 Å². The molecule has 0 heterocycles. The van der Waals surface area contributed by atoms with Crippen molar-refractivity contribution in [3.05, 3.63) is 47.0 Å². The lowest BCUT2D eigenvalue weighted by molar-refractivity contribution is -0.123. The standard InChI is InChI=1S/C13H14FN3O5S2/c1-13(14)11(7-6-10(12(13)18)23(16,19)20)17-24(21,22)9-4-2-8(15)3-5-9/h2-7,17H,15H2,1H3,(H2,16,19,20). The van der Waals surface area contributed by atoms with Crippen molar-refractivity contribution in [1.29, 1.82) is 0 Å². The minimum Gasteiger partial charge on any atom is -0.399 e. The highest BCUT2D eigenvalue weighted by molar-refractivity contribution is 7.94. The highest BCUT2D eigenvalue weighted by atomic mass is 32.2. The van der Waals surface area contributed by atoms with Crippen LogP contribution in [-0.4, -0.2) is 28.3 Å². The van der Waals surface area contributed by atoms with Crippen molar-refractivity contribution in [2.75, 3.05) is 5.73 Å². The molecule has 0 fully saturated rings. The highest BCUT2D eigenvalue weighted by Gasteiger charge is 2.45. The Bertz CT molecular complexity index is 961. The molecule has 0 saturated heterocycles. The fourth-order valence-electron chi connectivity index (χ4n) is 1.95. The lowest BCUT2D eigenvalue weighted by Crippen LogP contribution is -2.45. The van der Waals surface area contributed by atoms with Gasteiger partial charge in [-0.25, -0.2) is 26.4 Å². The number of hydrogen-bond donors (Lipinski definition) is 3. The van der Waals surface area contributed by atoms with E-state index in [1.165, 1.54) is 24.3 Å². The average Bonchev–Trinajstić information content (AvgIpc) is 2.43. The summed E-state index contributed by atoms with van der Waals surface area (Å²) in [6.07, 6.45) is 1.59. The largest absolute Gasteiger partial charge is 0.399 e. The van der Waals surface area contributed by atoms with E-state index in [1.54, 1.807) is 0 Å². The van der Waals surface area contributed by atoms with Crippen molar-refractivity contribution in [3.8, 4) is 0 Å². The number of anilines is 1. The quantitative estimate of drug-likeness (QED) is 0.626. The zero-order chi connectivity index (χ0) is 18.3. The van der Waals surface area contributed by atoms with Gasteiger partial charge in [0.15, 0.2) is 0 Å². The number of primary sulfonamides is 1. The maximum atomic E-state index is 14.7. The van der Waals surface area contributed by atoms with Crippen molar-refractivity contribution in [1.82, 2.24) is 4.72 Å². The monoisotopic (exact) mass is 375 g/mol. The van der Waals surface area contributed by atoms with Crippen LogP contribution in [0.2, 0.25) is 0 Å². The van der Waals surface area contributed by atoms with E-state index in [1.807, 2.05) is 4.72 Å². The third-order valence-corrected chi connectivity index (χ3v) is 5.61. The predicted octanol–water partition coefficient (Wildman–Crippen LogP) is -0.0857. The summed E-state index contributed by atoms with van der Waals surface area (Å²) in [5.74, 6) is -1.46. The van der Waals surface area contributed by atoms with Crippen molar-refractivity contribution < 1.29 is 26.0 Å². The molecule has 8 nitrogen and oxygen atoms in total. The van der Waals surface area contributed by atoms with Gasteiger partial charge in [0.2, 0.25) is 21.5 Å². The van der Waals surface area contributed by atoms with Crippen molar-refractivity contribution in [3.63, 3.8) is 0 Å². The van der Waals surface area contributed by atoms with Gasteiger partial charge in [-0.15, -0.1) is 0 Å². The van der Waals surface area contributed by atoms with Crippen LogP contribution in [0.3, 0.4) is 0 Å². The van der Waals surface area contributed by atoms with Gasteiger partial charge in [-0.3, -0.25) is 9.52 Å². The van der Waals surface area contributed by atoms with Crippen LogP contribution in [0.25, 0.3) is 0 Å². The number of carbonyl (C=O) groups excluding carboxylic acids is 1. The van der Waals surface area contributed by atoms with Crippen molar-refractivity contribution in [2.24, 2.45) is 5.14 Å². The van der Waals surface area contributed by atoms with E-state index < -0.39 is 42.1 Å². The first-order chi connectivity index (χ1) is 10.9. The first kappa shape index (κ1) is 18.1. The van der Waals surface area contributed by atoms with Crippen LogP contribution in [0.15, 0.2) is 51.9 Å². The molecule has 0 spiro atoms. The van der Waals surface area contributed by atoms with Gasteiger partial charge < -0.3 is 5.73 Å². The van der Waals surface area contributed by atoms with E-state index in [9.17, 15) is 26.0 Å². The van der Waals surface area contributed by atoms with Crippen molar-refractivity contribution in [2.45, 2.75) is 17.5 Å². The molecule has 1 unspecified atom stereocenters. The number of nitrogens with two attached hydrogens (primary N) is 2. The van der Waals surface area contributed by atoms with Gasteiger partial charge in [-0.2, -0.15) is 0 Å². The van der Waals surface area contributed by atoms with Gasteiger partial charge in [0.1, 0.15) is 4.91 Å². The molecule has 0 aromatic heterocycles. The maximum Gasteiger partial charge on any atom is 0.261 e. The molecule has 0 aliphatic heterocycles. The van der Waals surface area contributed by atoms with Crippen LogP contribution in [0.5, 0.6) is 0 Å². The Hall–Kier alpha value is -2.24. The smallest absolute Gasteiger partial charge is 0.261 e. The molecule has 1 aromatic rings. The summed E-state index contributed by atoms with van der Waals surface area (Å²) in [4.78, 5) is 10.8. The van der Waals surface area contributed by atoms with E-state index >= 15 is 0 Å². The molecule has 1 aliphatic rings. The van der Waals surface area contributed by atoms with E-state index in [2.05, 4.69) is 0 Å². The van der Waals surface area contributed by atoms with Gasteiger partial charge in [0.25, 0.3) is 10.0 Å². The SMILES string of the molecule is CC1(F)C(=O)C(S(N)(=O)=O)=CC=C1NS(=O)(=O)c1ccc(N)cc1. The topological polar surface area (TPSA) is 149 Å². The van der Waals surface area contributed by atoms with Crippen LogP contribution in [0.4, 0.5) is 10.1 Å². The number of carbonyl (C=O) groups is 1. The van der Waals surface area contributed by atoms with E-state index in [0.717, 1.165) is 19.1 Å². The second-order valence-corrected chi connectivity index (χ2v) is 8.38. The molecule has 0 radical (unpaired) electrons. The van der Waals surface area contributed by atoms with Crippen LogP contribution in [0, 0.1) is 0 Å². The second kappa shape index (κ2) is 5.69. The summed E-state index contributed by atoms with van der Waals surface area (Å²) in [6, 6.07) is 5.07. The Morgan fingerprint density at radius 2 is 1.62 bits per heavy atom. The number of allylic oxidation sites excluding steroid dienone is 4. The second-order valence-electron chi connectivity index (χ2n) is 5.16. The van der Waals surface area contributed by atoms with Gasteiger partial charge in [-0.1, -0.05) is 0 Å². The summed E-state index contributed by atoms with van der Waals surface area (Å²) < 4.78 is 63.7. The summed E-state index contributed by atoms with van der Waals surface area (Å²) >= 11 is 0. The zero-order valence-electron chi connectivity index (χ0n) is 12.4. The molecule has 0 bridgehead atoms. The predicted molar refractivity (Wildman–Crippen MR) is 85.0 cm³/mol. The average molecular weight is 375 g/mol. The molecule has 1 aromatic carbocycles. The Morgan fingerprint density at radius 1 is 1.08 bits per heavy atom. The minimum absolute atomic E-state index is 0.206. The van der Waals surface area contributed by atoms with Gasteiger partial charge in [0, 0.05) is 5.69 Å². The number of rotatable bonds is 4. The molecule has 11 heteroatoms. The van der Waals surface area contributed by atoms with Crippen LogP contribution >= 0.6 is 0 Å². The van der Waals surface area contributed by atoms with E-state index in [-0.39, 0.29) is 4.90 Å². The lowest BCUT2D eigenvalue weighted by Gasteiger charge is -2.26. The molecule has 1 aliphatic carbocycles. The summed E-state index contributed by atoms with van der Waals surface area (Å²) in [6.45, 7) is 0.741. The maximum absolute atomic E-state index is 14.7. The Morgan fingerprint density at radius 3 is 2.12 bits per heavy atom. The molecule has 5 N–H and O–H groups in total. The normalized spacial score (nSPS) is 21.9. The first-order valence-electron chi connectivity index (χ1n) is 6.43. The van der Waals surface area contributed by atoms with Crippen molar-refractivity contribution >= 4 is 31.5 Å². The molecular weight excluding hydrogens is 361 g/mol. The number of halogens is 1. The fraction of sp³-hybridized carbons (Fsp3) is 0.154. The summed E-state index contributed by atoms with van der Waals surface area (Å²) in [7, 11) is -8.63. The summed E-state index contributed by atoms with van der Waals surface area (Å²) in [5, 5.41) is 4.84. The van der Waals surface area contributed by atoms with E-state index in [0.29, 0.717) is 5.69 Å². The number of nitrogens with one attached hydrogen (secondary N) is 1. The number of nitrogen functional groups attached to an aromatic ring is 1. The number of benzene rings is 1. The number of alkyl halides is 1. The molecule has 0 saturated carbocycles. The van der Waals surface area contributed by atoms with Crippen LogP contribution in [-0.2, 0) is 24.8 Å². The molecule has 2 rings (SSSR count). The number of sulfonamides is 2.